The van der Waals surface area contributed by atoms with Gasteiger partial charge in [0.25, 0.3) is 0 Å². The van der Waals surface area contributed by atoms with Gasteiger partial charge in [-0.25, -0.2) is 9.07 Å². The molecule has 3 saturated heterocycles. The van der Waals surface area contributed by atoms with E-state index in [2.05, 4.69) is 50.8 Å². The van der Waals surface area contributed by atoms with Crippen molar-refractivity contribution >= 4 is 28.2 Å². The van der Waals surface area contributed by atoms with Gasteiger partial charge in [0.1, 0.15) is 23.4 Å². The monoisotopic (exact) mass is 735 g/mol. The zero-order valence-corrected chi connectivity index (χ0v) is 31.4. The predicted octanol–water partition coefficient (Wildman–Crippen LogP) is 6.96. The second-order valence-corrected chi connectivity index (χ2v) is 15.1. The molecule has 5 heterocycles. The Hall–Kier alpha value is -4.91. The molecule has 3 aliphatic heterocycles. The lowest BCUT2D eigenvalue weighted by Gasteiger charge is -2.41. The van der Waals surface area contributed by atoms with Crippen LogP contribution in [0.1, 0.15) is 61.1 Å². The molecule has 0 saturated carbocycles. The number of H-pyrrole nitrogens is 1. The summed E-state index contributed by atoms with van der Waals surface area (Å²) in [6.07, 6.45) is 5.78. The second-order valence-electron chi connectivity index (χ2n) is 15.1. The fourth-order valence-corrected chi connectivity index (χ4v) is 8.17. The zero-order chi connectivity index (χ0) is 37.3. The number of piperidine rings is 2. The van der Waals surface area contributed by atoms with Gasteiger partial charge in [0.2, 0.25) is 5.78 Å². The fourth-order valence-electron chi connectivity index (χ4n) is 8.17. The summed E-state index contributed by atoms with van der Waals surface area (Å²) in [5, 5.41) is 5.41. The minimum Gasteiger partial charge on any atom is -0.488 e. The van der Waals surface area contributed by atoms with Gasteiger partial charge in [0.05, 0.1) is 42.0 Å². The molecule has 0 bridgehead atoms. The lowest BCUT2D eigenvalue weighted by Crippen LogP contribution is -2.49. The number of benzene rings is 3. The van der Waals surface area contributed by atoms with Crippen LogP contribution >= 0.6 is 0 Å². The van der Waals surface area contributed by atoms with E-state index in [1.54, 1.807) is 41.1 Å². The molecule has 12 heteroatoms. The van der Waals surface area contributed by atoms with Gasteiger partial charge in [-0.1, -0.05) is 12.1 Å². The number of hydrogen-bond acceptors (Lipinski definition) is 9. The van der Waals surface area contributed by atoms with Crippen molar-refractivity contribution in [3.8, 4) is 22.9 Å². The number of likely N-dealkylation sites (tertiary alicyclic amines) is 1. The summed E-state index contributed by atoms with van der Waals surface area (Å²) in [4.78, 5) is 25.0. The van der Waals surface area contributed by atoms with Crippen LogP contribution in [0, 0.1) is 12.7 Å². The first-order valence-electron chi connectivity index (χ1n) is 19.3. The Morgan fingerprint density at radius 2 is 1.69 bits per heavy atom. The van der Waals surface area contributed by atoms with Crippen molar-refractivity contribution < 1.29 is 23.4 Å². The number of morpholine rings is 1. The molecule has 3 N–H and O–H groups in total. The number of rotatable bonds is 10. The van der Waals surface area contributed by atoms with Crippen molar-refractivity contribution in [1.29, 1.82) is 0 Å². The molecule has 0 radical (unpaired) electrons. The molecule has 3 aromatic carbocycles. The molecule has 0 atom stereocenters. The quantitative estimate of drug-likeness (QED) is 0.147. The highest BCUT2D eigenvalue weighted by Crippen LogP contribution is 2.38. The maximum Gasteiger partial charge on any atom is 0.214 e. The second kappa shape index (κ2) is 15.4. The summed E-state index contributed by atoms with van der Waals surface area (Å²) in [5.41, 5.74) is 10.8. The van der Waals surface area contributed by atoms with Crippen molar-refractivity contribution in [1.82, 2.24) is 24.6 Å². The van der Waals surface area contributed by atoms with E-state index >= 15 is 0 Å². The van der Waals surface area contributed by atoms with Gasteiger partial charge in [0.15, 0.2) is 11.6 Å². The number of para-hydroxylation sites is 1. The van der Waals surface area contributed by atoms with E-state index in [0.29, 0.717) is 34.8 Å². The summed E-state index contributed by atoms with van der Waals surface area (Å²) < 4.78 is 34.0. The molecule has 3 aliphatic rings. The van der Waals surface area contributed by atoms with Crippen molar-refractivity contribution in [3.63, 3.8) is 0 Å². The van der Waals surface area contributed by atoms with E-state index in [9.17, 15) is 9.18 Å². The molecular formula is C42H50FN7O4. The third-order valence-electron chi connectivity index (χ3n) is 11.3. The first-order chi connectivity index (χ1) is 26.2. The summed E-state index contributed by atoms with van der Waals surface area (Å²) in [7, 11) is 0. The molecule has 54 heavy (non-hydrogen) atoms. The minimum absolute atomic E-state index is 0.136. The maximum absolute atomic E-state index is 14.2. The Bertz CT molecular complexity index is 2110. The summed E-state index contributed by atoms with van der Waals surface area (Å²) in [6, 6.07) is 18.8. The summed E-state index contributed by atoms with van der Waals surface area (Å²) in [6.45, 7) is 13.9. The molecule has 11 nitrogen and oxygen atoms in total. The Labute approximate surface area is 315 Å². The topological polar surface area (TPSA) is 114 Å². The first kappa shape index (κ1) is 36.1. The highest BCUT2D eigenvalue weighted by molar-refractivity contribution is 6.12. The molecule has 5 aromatic rings. The standard InChI is InChI=1S/C42H50FN7O4/c1-27(2)47-16-12-31(13-17-47)53-40-24-29-23-36(46-35(29)25-38(40)49-14-10-30(11-15-49)48-18-20-52-21-19-48)41(51)33-26-45-50(42(33)44)37-9-8-32(22-28(37)3)54-39-7-5-4-6-34(39)43/h4-9,22-27,30-31,46H,10-21,44H2,1-3H3. The van der Waals surface area contributed by atoms with Crippen LogP contribution in [0.5, 0.6) is 17.2 Å². The van der Waals surface area contributed by atoms with E-state index < -0.39 is 5.82 Å². The largest absolute Gasteiger partial charge is 0.488 e. The number of ketones is 1. The van der Waals surface area contributed by atoms with Gasteiger partial charge in [-0.15, -0.1) is 0 Å². The normalized spacial score (nSPS) is 18.1. The molecular weight excluding hydrogens is 686 g/mol. The van der Waals surface area contributed by atoms with Gasteiger partial charge >= 0.3 is 0 Å². The molecule has 0 amide bonds. The Morgan fingerprint density at radius 1 is 0.926 bits per heavy atom. The summed E-state index contributed by atoms with van der Waals surface area (Å²) in [5.74, 6) is 1.03. The molecule has 0 spiro atoms. The molecule has 0 aliphatic carbocycles. The number of carbonyl (C=O) groups excluding carboxylic acids is 1. The fraction of sp³-hybridized carbons (Fsp3) is 0.429. The molecule has 8 rings (SSSR count). The Balaban J connectivity index is 1.04. The van der Waals surface area contributed by atoms with E-state index in [0.717, 1.165) is 106 Å². The molecule has 2 aromatic heterocycles. The van der Waals surface area contributed by atoms with Crippen LogP contribution < -0.4 is 20.1 Å². The van der Waals surface area contributed by atoms with Crippen molar-refractivity contribution in [2.24, 2.45) is 0 Å². The summed E-state index contributed by atoms with van der Waals surface area (Å²) >= 11 is 0. The lowest BCUT2D eigenvalue weighted by molar-refractivity contribution is 0.0114. The molecule has 284 valence electrons. The van der Waals surface area contributed by atoms with E-state index in [4.69, 9.17) is 19.9 Å². The van der Waals surface area contributed by atoms with Gasteiger partial charge in [-0.05, 0) is 101 Å². The van der Waals surface area contributed by atoms with Crippen molar-refractivity contribution in [2.75, 3.05) is 63.1 Å². The number of hydrogen-bond donors (Lipinski definition) is 2. The maximum atomic E-state index is 14.2. The lowest BCUT2D eigenvalue weighted by atomic mass is 10.0. The zero-order valence-electron chi connectivity index (χ0n) is 31.4. The number of nitrogens with one attached hydrogen (secondary N) is 1. The number of fused-ring (bicyclic) bond motifs is 1. The third kappa shape index (κ3) is 7.42. The third-order valence-corrected chi connectivity index (χ3v) is 11.3. The average Bonchev–Trinajstić information content (AvgIpc) is 3.79. The minimum atomic E-state index is -0.442. The number of aromatic nitrogens is 3. The highest BCUT2D eigenvalue weighted by Gasteiger charge is 2.30. The molecule has 3 fully saturated rings. The first-order valence-corrected chi connectivity index (χ1v) is 19.3. The van der Waals surface area contributed by atoms with Gasteiger partial charge in [-0.2, -0.15) is 5.10 Å². The number of nitrogen functional groups attached to an aromatic ring is 1. The Morgan fingerprint density at radius 3 is 2.41 bits per heavy atom. The SMILES string of the molecule is Cc1cc(Oc2ccccc2F)ccc1-n1ncc(C(=O)c2cc3cc(OC4CCN(C(C)C)CC4)c(N4CCC(N5CCOCC5)CC4)cc3[nH]2)c1N. The van der Waals surface area contributed by atoms with Crippen LogP contribution in [0.2, 0.25) is 0 Å². The van der Waals surface area contributed by atoms with Crippen LogP contribution in [0.15, 0.2) is 66.9 Å². The van der Waals surface area contributed by atoms with Gasteiger partial charge in [-0.3, -0.25) is 9.69 Å². The number of nitrogens with zero attached hydrogens (tertiary/aromatic N) is 5. The predicted molar refractivity (Wildman–Crippen MR) is 209 cm³/mol. The van der Waals surface area contributed by atoms with E-state index in [1.807, 2.05) is 13.0 Å². The van der Waals surface area contributed by atoms with E-state index in [1.165, 1.54) is 12.3 Å². The number of anilines is 2. The van der Waals surface area contributed by atoms with Crippen LogP contribution in [-0.2, 0) is 4.74 Å². The number of aryl methyl sites for hydroxylation is 1. The number of aromatic amines is 1. The smallest absolute Gasteiger partial charge is 0.214 e. The number of nitrogens with two attached hydrogens (primary N) is 1. The van der Waals surface area contributed by atoms with Crippen molar-refractivity contribution in [2.45, 2.75) is 64.6 Å². The number of ether oxygens (including phenoxy) is 3. The van der Waals surface area contributed by atoms with E-state index in [-0.39, 0.29) is 23.5 Å². The van der Waals surface area contributed by atoms with Gasteiger partial charge < -0.3 is 34.7 Å². The van der Waals surface area contributed by atoms with Crippen LogP contribution in [-0.4, -0.2) is 101 Å². The Kier molecular flexibility index (Phi) is 10.3. The van der Waals surface area contributed by atoms with Gasteiger partial charge in [0, 0.05) is 62.3 Å². The average molecular weight is 736 g/mol. The molecule has 0 unspecified atom stereocenters. The van der Waals surface area contributed by atoms with Crippen LogP contribution in [0.25, 0.3) is 16.6 Å². The van der Waals surface area contributed by atoms with Crippen molar-refractivity contribution in [3.05, 3.63) is 89.5 Å². The number of halogens is 1. The highest BCUT2D eigenvalue weighted by atomic mass is 19.1. The van der Waals surface area contributed by atoms with Crippen LogP contribution in [0.4, 0.5) is 15.9 Å². The number of carbonyl (C=O) groups is 1. The van der Waals surface area contributed by atoms with Crippen LogP contribution in [0.3, 0.4) is 0 Å².